The maximum atomic E-state index is 11.6. The Balaban J connectivity index is 2.39. The lowest BCUT2D eigenvalue weighted by Gasteiger charge is -2.05. The van der Waals surface area contributed by atoms with Gasteiger partial charge in [0.25, 0.3) is 0 Å². The van der Waals surface area contributed by atoms with Crippen LogP contribution < -0.4 is 0 Å². The number of aryl methyl sites for hydroxylation is 1. The van der Waals surface area contributed by atoms with E-state index >= 15 is 0 Å². The number of nitrogens with zero attached hydrogens (tertiary/aromatic N) is 2. The third-order valence-corrected chi connectivity index (χ3v) is 2.59. The minimum absolute atomic E-state index is 0.348. The van der Waals surface area contributed by atoms with E-state index in [4.69, 9.17) is 4.74 Å². The number of hydrogen-bond donors (Lipinski definition) is 0. The number of esters is 1. The maximum absolute atomic E-state index is 11.6. The molecule has 4 nitrogen and oxygen atoms in total. The fraction of sp³-hybridized carbons (Fsp3) is 0.214. The van der Waals surface area contributed by atoms with E-state index in [-0.39, 0.29) is 5.97 Å². The van der Waals surface area contributed by atoms with Gasteiger partial charge >= 0.3 is 5.97 Å². The van der Waals surface area contributed by atoms with E-state index in [1.165, 1.54) is 6.20 Å². The van der Waals surface area contributed by atoms with Crippen LogP contribution in [0.3, 0.4) is 0 Å². The van der Waals surface area contributed by atoms with E-state index in [1.807, 2.05) is 31.2 Å². The van der Waals surface area contributed by atoms with Gasteiger partial charge < -0.3 is 4.74 Å². The van der Waals surface area contributed by atoms with Gasteiger partial charge in [0.15, 0.2) is 0 Å². The van der Waals surface area contributed by atoms with E-state index in [2.05, 4.69) is 10.2 Å². The molecule has 0 amide bonds. The van der Waals surface area contributed by atoms with Crippen molar-refractivity contribution in [3.8, 4) is 11.3 Å². The predicted molar refractivity (Wildman–Crippen MR) is 68.2 cm³/mol. The lowest BCUT2D eigenvalue weighted by molar-refractivity contribution is 0.0525. The molecule has 0 bridgehead atoms. The van der Waals surface area contributed by atoms with Crippen molar-refractivity contribution >= 4 is 5.97 Å². The Labute approximate surface area is 106 Å². The summed E-state index contributed by atoms with van der Waals surface area (Å²) >= 11 is 0. The summed E-state index contributed by atoms with van der Waals surface area (Å²) < 4.78 is 4.94. The smallest absolute Gasteiger partial charge is 0.339 e. The number of hydrogen-bond acceptors (Lipinski definition) is 4. The number of ether oxygens (including phenoxy) is 1. The Bertz CT molecular complexity index is 567. The van der Waals surface area contributed by atoms with Crippen molar-refractivity contribution in [2.75, 3.05) is 6.61 Å². The Kier molecular flexibility index (Phi) is 3.67. The van der Waals surface area contributed by atoms with Gasteiger partial charge in [0.1, 0.15) is 0 Å². The van der Waals surface area contributed by atoms with Crippen LogP contribution in [0.25, 0.3) is 11.3 Å². The summed E-state index contributed by atoms with van der Waals surface area (Å²) in [6, 6.07) is 9.54. The van der Waals surface area contributed by atoms with Gasteiger partial charge in [-0.2, -0.15) is 10.2 Å². The molecular formula is C14H14N2O2. The fourth-order valence-corrected chi connectivity index (χ4v) is 1.68. The first-order valence-electron chi connectivity index (χ1n) is 5.78. The molecule has 0 aliphatic rings. The molecule has 0 fully saturated rings. The largest absolute Gasteiger partial charge is 0.462 e. The van der Waals surface area contributed by atoms with Gasteiger partial charge in [-0.25, -0.2) is 4.79 Å². The first kappa shape index (κ1) is 12.2. The fourth-order valence-electron chi connectivity index (χ4n) is 1.68. The van der Waals surface area contributed by atoms with Crippen LogP contribution in [-0.2, 0) is 4.74 Å². The highest BCUT2D eigenvalue weighted by Gasteiger charge is 2.10. The van der Waals surface area contributed by atoms with E-state index in [0.717, 1.165) is 11.1 Å². The predicted octanol–water partition coefficient (Wildman–Crippen LogP) is 2.63. The van der Waals surface area contributed by atoms with E-state index in [9.17, 15) is 4.79 Å². The van der Waals surface area contributed by atoms with E-state index in [1.54, 1.807) is 13.0 Å². The normalized spacial score (nSPS) is 10.1. The average Bonchev–Trinajstić information content (AvgIpc) is 2.40. The topological polar surface area (TPSA) is 52.1 Å². The van der Waals surface area contributed by atoms with E-state index in [0.29, 0.717) is 17.9 Å². The third-order valence-electron chi connectivity index (χ3n) is 2.59. The highest BCUT2D eigenvalue weighted by molar-refractivity contribution is 5.90. The van der Waals surface area contributed by atoms with Crippen molar-refractivity contribution in [2.24, 2.45) is 0 Å². The SMILES string of the molecule is CCOC(=O)c1cnnc(-c2ccccc2C)c1. The molecule has 0 saturated heterocycles. The molecule has 0 aliphatic heterocycles. The summed E-state index contributed by atoms with van der Waals surface area (Å²) in [6.07, 6.45) is 1.42. The lowest BCUT2D eigenvalue weighted by Crippen LogP contribution is -2.06. The molecule has 18 heavy (non-hydrogen) atoms. The standard InChI is InChI=1S/C14H14N2O2/c1-3-18-14(17)11-8-13(16-15-9-11)12-7-5-4-6-10(12)2/h4-9H,3H2,1-2H3. The zero-order valence-corrected chi connectivity index (χ0v) is 10.4. The summed E-state index contributed by atoms with van der Waals surface area (Å²) in [5.41, 5.74) is 3.16. The van der Waals surface area contributed by atoms with Crippen LogP contribution in [0.5, 0.6) is 0 Å². The lowest BCUT2D eigenvalue weighted by atomic mass is 10.0. The highest BCUT2D eigenvalue weighted by Crippen LogP contribution is 2.21. The molecule has 0 radical (unpaired) electrons. The van der Waals surface area contributed by atoms with Gasteiger partial charge in [0, 0.05) is 5.56 Å². The molecule has 1 aromatic heterocycles. The van der Waals surface area contributed by atoms with Crippen LogP contribution in [0.2, 0.25) is 0 Å². The van der Waals surface area contributed by atoms with Crippen molar-refractivity contribution in [1.82, 2.24) is 10.2 Å². The van der Waals surface area contributed by atoms with Crippen molar-refractivity contribution in [3.05, 3.63) is 47.7 Å². The van der Waals surface area contributed by atoms with Gasteiger partial charge in [-0.1, -0.05) is 24.3 Å². The molecule has 2 aromatic rings. The Morgan fingerprint density at radius 1 is 1.33 bits per heavy atom. The second-order valence-corrected chi connectivity index (χ2v) is 3.86. The maximum Gasteiger partial charge on any atom is 0.339 e. The summed E-state index contributed by atoms with van der Waals surface area (Å²) in [5, 5.41) is 7.91. The van der Waals surface area contributed by atoms with Gasteiger partial charge in [0.05, 0.1) is 24.1 Å². The summed E-state index contributed by atoms with van der Waals surface area (Å²) in [5.74, 6) is -0.373. The van der Waals surface area contributed by atoms with Crippen LogP contribution in [0.4, 0.5) is 0 Å². The van der Waals surface area contributed by atoms with Crippen LogP contribution in [0.15, 0.2) is 36.5 Å². The number of benzene rings is 1. The zero-order valence-electron chi connectivity index (χ0n) is 10.4. The second-order valence-electron chi connectivity index (χ2n) is 3.86. The molecule has 4 heteroatoms. The van der Waals surface area contributed by atoms with Crippen molar-refractivity contribution in [2.45, 2.75) is 13.8 Å². The molecule has 0 aliphatic carbocycles. The minimum atomic E-state index is -0.373. The molecule has 0 spiro atoms. The van der Waals surface area contributed by atoms with Crippen molar-refractivity contribution in [3.63, 3.8) is 0 Å². The number of aromatic nitrogens is 2. The van der Waals surface area contributed by atoms with Crippen LogP contribution in [-0.4, -0.2) is 22.8 Å². The third kappa shape index (κ3) is 2.53. The van der Waals surface area contributed by atoms with Crippen LogP contribution in [0, 0.1) is 6.92 Å². The Hall–Kier alpha value is -2.23. The van der Waals surface area contributed by atoms with Crippen molar-refractivity contribution in [1.29, 1.82) is 0 Å². The van der Waals surface area contributed by atoms with Gasteiger partial charge in [0.2, 0.25) is 0 Å². The molecule has 2 rings (SSSR count). The number of rotatable bonds is 3. The average molecular weight is 242 g/mol. The van der Waals surface area contributed by atoms with Crippen molar-refractivity contribution < 1.29 is 9.53 Å². The molecule has 0 N–H and O–H groups in total. The Morgan fingerprint density at radius 3 is 2.83 bits per heavy atom. The molecule has 1 aromatic carbocycles. The monoisotopic (exact) mass is 242 g/mol. The number of carbonyl (C=O) groups excluding carboxylic acids is 1. The van der Waals surface area contributed by atoms with Crippen LogP contribution >= 0.6 is 0 Å². The molecular weight excluding hydrogens is 228 g/mol. The molecule has 92 valence electrons. The van der Waals surface area contributed by atoms with Crippen LogP contribution in [0.1, 0.15) is 22.8 Å². The molecule has 1 heterocycles. The minimum Gasteiger partial charge on any atom is -0.462 e. The first-order valence-corrected chi connectivity index (χ1v) is 5.78. The number of carbonyl (C=O) groups is 1. The summed E-state index contributed by atoms with van der Waals surface area (Å²) in [4.78, 5) is 11.6. The second kappa shape index (κ2) is 5.40. The van der Waals surface area contributed by atoms with E-state index < -0.39 is 0 Å². The highest BCUT2D eigenvalue weighted by atomic mass is 16.5. The molecule has 0 unspecified atom stereocenters. The van der Waals surface area contributed by atoms with Gasteiger partial charge in [-0.15, -0.1) is 0 Å². The van der Waals surface area contributed by atoms with Gasteiger partial charge in [-0.3, -0.25) is 0 Å². The quantitative estimate of drug-likeness (QED) is 0.776. The zero-order chi connectivity index (χ0) is 13.0. The van der Waals surface area contributed by atoms with Gasteiger partial charge in [-0.05, 0) is 25.5 Å². The molecule has 0 saturated carbocycles. The first-order chi connectivity index (χ1) is 8.72. The molecule has 0 atom stereocenters. The summed E-state index contributed by atoms with van der Waals surface area (Å²) in [7, 11) is 0. The Morgan fingerprint density at radius 2 is 2.11 bits per heavy atom. The summed E-state index contributed by atoms with van der Waals surface area (Å²) in [6.45, 7) is 4.11.